The normalized spacial score (nSPS) is 15.3. The summed E-state index contributed by atoms with van der Waals surface area (Å²) in [5.41, 5.74) is 6.58. The van der Waals surface area contributed by atoms with Gasteiger partial charge in [0.2, 0.25) is 47.3 Å². The average Bonchev–Trinajstić information content (AvgIpc) is 3.29. The summed E-state index contributed by atoms with van der Waals surface area (Å²) in [5.74, 6) is -15.8. The second kappa shape index (κ2) is 30.5. The average molecular weight is 1020 g/mol. The summed E-state index contributed by atoms with van der Waals surface area (Å²) in [6, 6.07) is -4.95. The van der Waals surface area contributed by atoms with Crippen molar-refractivity contribution in [2.45, 2.75) is 162 Å². The van der Waals surface area contributed by atoms with E-state index in [0.29, 0.717) is 12.0 Å². The Morgan fingerprint density at radius 3 is 1.24 bits per heavy atom. The van der Waals surface area contributed by atoms with Gasteiger partial charge in [0.1, 0.15) is 48.3 Å². The molecule has 10 atom stereocenters. The molecule has 0 aliphatic rings. The van der Waals surface area contributed by atoms with Crippen LogP contribution >= 0.6 is 0 Å². The topological polar surface area (TPSA) is 408 Å². The summed E-state index contributed by atoms with van der Waals surface area (Å²) in [4.78, 5) is 156. The Hall–Kier alpha value is -7.18. The second-order valence-corrected chi connectivity index (χ2v) is 18.6. The minimum absolute atomic E-state index is 0.206. The van der Waals surface area contributed by atoms with Crippen LogP contribution in [0.25, 0.3) is 0 Å². The molecule has 8 amide bonds. The molecular formula is C47H73N9O16. The van der Waals surface area contributed by atoms with Gasteiger partial charge in [0, 0.05) is 19.3 Å². The van der Waals surface area contributed by atoms with Crippen LogP contribution in [0.2, 0.25) is 0 Å². The third-order valence-corrected chi connectivity index (χ3v) is 11.5. The molecule has 0 saturated heterocycles. The number of aliphatic carboxylic acids is 4. The summed E-state index contributed by atoms with van der Waals surface area (Å²) < 4.78 is 0. The monoisotopic (exact) mass is 1020 g/mol. The Morgan fingerprint density at radius 2 is 0.819 bits per heavy atom. The highest BCUT2D eigenvalue weighted by atomic mass is 16.4. The summed E-state index contributed by atoms with van der Waals surface area (Å²) in [7, 11) is 0. The molecule has 0 aliphatic heterocycles. The van der Waals surface area contributed by atoms with Crippen LogP contribution in [0.1, 0.15) is 106 Å². The number of nitrogens with two attached hydrogens (primary N) is 1. The molecule has 1 aromatic rings. The van der Waals surface area contributed by atoms with Crippen molar-refractivity contribution in [3.8, 4) is 0 Å². The van der Waals surface area contributed by atoms with Crippen LogP contribution in [0.15, 0.2) is 30.3 Å². The molecule has 0 bridgehead atoms. The highest BCUT2D eigenvalue weighted by Crippen LogP contribution is 2.13. The molecule has 1 aromatic carbocycles. The number of benzene rings is 1. The van der Waals surface area contributed by atoms with Crippen molar-refractivity contribution in [3.63, 3.8) is 0 Å². The fourth-order valence-electron chi connectivity index (χ4n) is 6.82. The lowest BCUT2D eigenvalue weighted by Gasteiger charge is -2.30. The number of carboxylic acids is 4. The van der Waals surface area contributed by atoms with E-state index in [4.69, 9.17) is 5.73 Å². The highest BCUT2D eigenvalue weighted by molar-refractivity contribution is 5.99. The van der Waals surface area contributed by atoms with E-state index in [1.54, 1.807) is 44.2 Å². The van der Waals surface area contributed by atoms with Crippen LogP contribution in [0.5, 0.6) is 0 Å². The highest BCUT2D eigenvalue weighted by Gasteiger charge is 2.37. The van der Waals surface area contributed by atoms with Crippen molar-refractivity contribution in [2.24, 2.45) is 29.4 Å². The number of carbonyl (C=O) groups is 12. The molecule has 72 heavy (non-hydrogen) atoms. The van der Waals surface area contributed by atoms with Gasteiger partial charge >= 0.3 is 23.9 Å². The van der Waals surface area contributed by atoms with Crippen molar-refractivity contribution in [1.82, 2.24) is 42.5 Å². The van der Waals surface area contributed by atoms with E-state index in [1.165, 1.54) is 48.5 Å². The van der Waals surface area contributed by atoms with Gasteiger partial charge in [-0.15, -0.1) is 0 Å². The molecule has 0 unspecified atom stereocenters. The van der Waals surface area contributed by atoms with E-state index in [9.17, 15) is 78.0 Å². The Balaban J connectivity index is 3.50. The second-order valence-electron chi connectivity index (χ2n) is 18.6. The Kier molecular flexibility index (Phi) is 26.6. The lowest BCUT2D eigenvalue weighted by Crippen LogP contribution is -2.62. The van der Waals surface area contributed by atoms with E-state index in [0.717, 1.165) is 0 Å². The molecule has 0 heterocycles. The number of rotatable bonds is 32. The number of carboxylic acid groups (broad SMARTS) is 4. The fraction of sp³-hybridized carbons (Fsp3) is 0.617. The minimum atomic E-state index is -1.81. The lowest BCUT2D eigenvalue weighted by atomic mass is 9.98. The first kappa shape index (κ1) is 62.8. The molecule has 0 fully saturated rings. The predicted octanol–water partition coefficient (Wildman–Crippen LogP) is -1.24. The van der Waals surface area contributed by atoms with Crippen molar-refractivity contribution in [1.29, 1.82) is 0 Å². The molecule has 402 valence electrons. The summed E-state index contributed by atoms with van der Waals surface area (Å²) >= 11 is 0. The van der Waals surface area contributed by atoms with Gasteiger partial charge in [-0.1, -0.05) is 92.1 Å². The SMILES string of the molecule is CC[C@H](C)[C@H](N)C(=O)N[C@@H](CCC(=O)O)C(=O)N[C@@H](Cc1ccccc1)C(=O)N[C@@H](CCC(=O)O)C(=O)N[C@H](C(=O)N[C@H](C(=O)N[C@@H](CC(=O)O)C(=O)N[C@H](C(=O)N[C@@H](C)C(=O)O)C(C)C)C(C)C)C(C)C. The lowest BCUT2D eigenvalue weighted by molar-refractivity contribution is -0.143. The van der Waals surface area contributed by atoms with E-state index in [2.05, 4.69) is 42.5 Å². The first-order chi connectivity index (χ1) is 33.5. The van der Waals surface area contributed by atoms with Gasteiger partial charge in [-0.2, -0.15) is 0 Å². The van der Waals surface area contributed by atoms with Crippen molar-refractivity contribution in [3.05, 3.63) is 35.9 Å². The quantitative estimate of drug-likeness (QED) is 0.0401. The van der Waals surface area contributed by atoms with E-state index in [1.807, 2.05) is 0 Å². The Morgan fingerprint density at radius 1 is 0.458 bits per heavy atom. The van der Waals surface area contributed by atoms with Gasteiger partial charge in [0.15, 0.2) is 0 Å². The van der Waals surface area contributed by atoms with Crippen LogP contribution in [0.3, 0.4) is 0 Å². The summed E-state index contributed by atoms with van der Waals surface area (Å²) in [6.45, 7) is 13.8. The van der Waals surface area contributed by atoms with Crippen molar-refractivity contribution >= 4 is 71.1 Å². The fourth-order valence-corrected chi connectivity index (χ4v) is 6.82. The van der Waals surface area contributed by atoms with Crippen LogP contribution in [0.4, 0.5) is 0 Å². The van der Waals surface area contributed by atoms with Crippen molar-refractivity contribution < 1.29 is 78.0 Å². The molecule has 14 N–H and O–H groups in total. The largest absolute Gasteiger partial charge is 0.481 e. The number of hydrogen-bond acceptors (Lipinski definition) is 13. The van der Waals surface area contributed by atoms with Gasteiger partial charge in [0.05, 0.1) is 12.5 Å². The summed E-state index contributed by atoms with van der Waals surface area (Å²) in [6.07, 6.45) is -2.82. The maximum atomic E-state index is 14.1. The van der Waals surface area contributed by atoms with Gasteiger partial charge in [-0.05, 0) is 49.0 Å². The Labute approximate surface area is 417 Å². The zero-order valence-electron chi connectivity index (χ0n) is 42.1. The zero-order valence-corrected chi connectivity index (χ0v) is 42.1. The first-order valence-electron chi connectivity index (χ1n) is 23.6. The number of hydrogen-bond donors (Lipinski definition) is 13. The van der Waals surface area contributed by atoms with Gasteiger partial charge in [-0.25, -0.2) is 0 Å². The molecular weight excluding hydrogens is 947 g/mol. The number of carbonyl (C=O) groups excluding carboxylic acids is 8. The third-order valence-electron chi connectivity index (χ3n) is 11.5. The van der Waals surface area contributed by atoms with Crippen LogP contribution in [-0.4, -0.2) is 146 Å². The van der Waals surface area contributed by atoms with Gasteiger partial charge in [-0.3, -0.25) is 57.5 Å². The van der Waals surface area contributed by atoms with E-state index in [-0.39, 0.29) is 12.3 Å². The number of amides is 8. The summed E-state index contributed by atoms with van der Waals surface area (Å²) in [5, 5.41) is 57.1. The van der Waals surface area contributed by atoms with Crippen LogP contribution < -0.4 is 48.3 Å². The molecule has 0 radical (unpaired) electrons. The maximum Gasteiger partial charge on any atom is 0.325 e. The molecule has 0 spiro atoms. The van der Waals surface area contributed by atoms with Crippen LogP contribution in [-0.2, 0) is 64.0 Å². The maximum absolute atomic E-state index is 14.1. The molecule has 25 nitrogen and oxygen atoms in total. The van der Waals surface area contributed by atoms with E-state index >= 15 is 0 Å². The zero-order chi connectivity index (χ0) is 55.2. The standard InChI is InChI=1S/C47H73N9O16/c1-10-25(8)35(48)43(67)51-28(16-18-32(57)58)39(63)52-30(20-27-14-12-11-13-15-27)41(65)50-29(17-19-33(59)60)40(64)54-38(24(6)7)46(70)56-37(23(4)5)45(69)53-31(21-34(61)62)42(66)55-36(22(2)3)44(68)49-26(9)47(71)72/h11-15,22-26,28-31,35-38H,10,16-21,48H2,1-9H3,(H,49,68)(H,50,65)(H,51,67)(H,52,63)(H,53,69)(H,54,64)(H,55,66)(H,56,70)(H,57,58)(H,59,60)(H,61,62)(H,71,72)/t25-,26-,28-,29-,30-,31-,35-,36-,37-,38-/m0/s1. The van der Waals surface area contributed by atoms with E-state index < -0.39 is 175 Å². The molecule has 0 aromatic heterocycles. The first-order valence-corrected chi connectivity index (χ1v) is 23.6. The molecule has 0 aliphatic carbocycles. The van der Waals surface area contributed by atoms with Crippen molar-refractivity contribution in [2.75, 3.05) is 0 Å². The molecule has 1 rings (SSSR count). The minimum Gasteiger partial charge on any atom is -0.481 e. The third kappa shape index (κ3) is 21.9. The smallest absolute Gasteiger partial charge is 0.325 e. The number of nitrogens with one attached hydrogen (secondary N) is 8. The Bertz CT molecular complexity index is 2090. The van der Waals surface area contributed by atoms with Crippen LogP contribution in [0, 0.1) is 23.7 Å². The predicted molar refractivity (Wildman–Crippen MR) is 257 cm³/mol. The molecule has 0 saturated carbocycles. The van der Waals surface area contributed by atoms with Gasteiger partial charge < -0.3 is 68.7 Å². The molecule has 25 heteroatoms. The van der Waals surface area contributed by atoms with Gasteiger partial charge in [0.25, 0.3) is 0 Å².